The molecule has 0 bridgehead atoms. The van der Waals surface area contributed by atoms with Gasteiger partial charge in [-0.25, -0.2) is 0 Å². The number of rotatable bonds is 4. The average molecular weight is 335 g/mol. The van der Waals surface area contributed by atoms with Crippen LogP contribution in [0.3, 0.4) is 0 Å². The fourth-order valence-corrected chi connectivity index (χ4v) is 2.15. The van der Waals surface area contributed by atoms with E-state index in [0.29, 0.717) is 5.56 Å². The van der Waals surface area contributed by atoms with Gasteiger partial charge in [-0.15, -0.1) is 12.6 Å². The summed E-state index contributed by atoms with van der Waals surface area (Å²) in [5.74, 6) is -0.287. The van der Waals surface area contributed by atoms with Crippen molar-refractivity contribution in [2.75, 3.05) is 13.2 Å². The van der Waals surface area contributed by atoms with E-state index in [9.17, 15) is 18.0 Å². The van der Waals surface area contributed by atoms with E-state index < -0.39 is 29.8 Å². The van der Waals surface area contributed by atoms with Crippen molar-refractivity contribution in [1.82, 2.24) is 0 Å². The smallest absolute Gasteiger partial charge is 0.416 e. The summed E-state index contributed by atoms with van der Waals surface area (Å²) in [5.41, 5.74) is 5.69. The van der Waals surface area contributed by atoms with Crippen molar-refractivity contribution in [3.8, 4) is 5.75 Å². The van der Waals surface area contributed by atoms with Gasteiger partial charge in [-0.3, -0.25) is 4.79 Å². The molecule has 0 unspecified atom stereocenters. The Hall–Kier alpha value is -1.25. The van der Waals surface area contributed by atoms with Crippen LogP contribution in [-0.4, -0.2) is 24.4 Å². The highest BCUT2D eigenvalue weighted by Gasteiger charge is 2.35. The molecule has 1 aliphatic heterocycles. The normalized spacial score (nSPS) is 22.6. The molecule has 0 fully saturated rings. The Morgan fingerprint density at radius 3 is 2.82 bits per heavy atom. The second kappa shape index (κ2) is 6.47. The van der Waals surface area contributed by atoms with E-state index in [1.807, 2.05) is 0 Å². The van der Waals surface area contributed by atoms with Crippen LogP contribution in [-0.2, 0) is 15.7 Å². The zero-order chi connectivity index (χ0) is 16.5. The first-order valence-corrected chi connectivity index (χ1v) is 7.08. The topological polar surface area (TPSA) is 61.6 Å². The maximum absolute atomic E-state index is 12.7. The van der Waals surface area contributed by atoms with Gasteiger partial charge in [0.15, 0.2) is 5.12 Å². The van der Waals surface area contributed by atoms with Crippen molar-refractivity contribution in [3.05, 3.63) is 29.3 Å². The van der Waals surface area contributed by atoms with Crippen LogP contribution in [0.5, 0.6) is 5.75 Å². The summed E-state index contributed by atoms with van der Waals surface area (Å²) in [5, 5.41) is -0.305. The molecule has 0 saturated carbocycles. The van der Waals surface area contributed by atoms with Gasteiger partial charge in [0.25, 0.3) is 0 Å². The molecule has 3 atom stereocenters. The van der Waals surface area contributed by atoms with Crippen LogP contribution in [0.15, 0.2) is 18.2 Å². The van der Waals surface area contributed by atoms with E-state index >= 15 is 0 Å². The molecule has 0 spiro atoms. The van der Waals surface area contributed by atoms with Crippen molar-refractivity contribution in [2.45, 2.75) is 25.2 Å². The first-order valence-electron chi connectivity index (χ1n) is 6.64. The molecule has 1 aromatic rings. The Labute approximate surface area is 131 Å². The standard InChI is InChI=1S/C14H16F3NO3S/c1-7(13(19)22)5-20-11-6-21-10-4-8(14(15,16)17)2-3-9(10)12(11)18/h2-4,7,11-12H,5-6,18H2,1H3,(H,19,22)/t7-,11+,12-/m0/s1. The van der Waals surface area contributed by atoms with Gasteiger partial charge in [0.2, 0.25) is 0 Å². The molecule has 122 valence electrons. The Morgan fingerprint density at radius 1 is 1.55 bits per heavy atom. The highest BCUT2D eigenvalue weighted by molar-refractivity contribution is 7.96. The number of halogens is 3. The number of hydrogen-bond acceptors (Lipinski definition) is 4. The molecular formula is C14H16F3NO3S. The van der Waals surface area contributed by atoms with Crippen molar-refractivity contribution in [3.63, 3.8) is 0 Å². The molecule has 22 heavy (non-hydrogen) atoms. The van der Waals surface area contributed by atoms with Crippen LogP contribution < -0.4 is 10.5 Å². The van der Waals surface area contributed by atoms with E-state index in [2.05, 4.69) is 12.6 Å². The van der Waals surface area contributed by atoms with Crippen molar-refractivity contribution in [2.24, 2.45) is 11.7 Å². The number of nitrogens with two attached hydrogens (primary N) is 1. The number of hydrogen-bond donors (Lipinski definition) is 2. The number of carbonyl (C=O) groups excluding carboxylic acids is 1. The summed E-state index contributed by atoms with van der Waals surface area (Å²) in [6.07, 6.45) is -4.96. The molecule has 1 heterocycles. The molecule has 0 amide bonds. The third-order valence-electron chi connectivity index (χ3n) is 3.49. The Balaban J connectivity index is 2.10. The summed E-state index contributed by atoms with van der Waals surface area (Å²) >= 11 is 3.71. The van der Waals surface area contributed by atoms with Gasteiger partial charge < -0.3 is 15.2 Å². The van der Waals surface area contributed by atoms with E-state index in [-0.39, 0.29) is 24.1 Å². The summed E-state index contributed by atoms with van der Waals surface area (Å²) < 4.78 is 48.9. The lowest BCUT2D eigenvalue weighted by Gasteiger charge is -2.32. The number of carbonyl (C=O) groups is 1. The van der Waals surface area contributed by atoms with Gasteiger partial charge in [0.1, 0.15) is 18.5 Å². The molecule has 8 heteroatoms. The molecule has 0 saturated heterocycles. The Kier molecular flexibility index (Phi) is 5.03. The first-order chi connectivity index (χ1) is 10.2. The predicted molar refractivity (Wildman–Crippen MR) is 76.8 cm³/mol. The lowest BCUT2D eigenvalue weighted by molar-refractivity contribution is -0.137. The largest absolute Gasteiger partial charge is 0.490 e. The SMILES string of the molecule is C[C@@H](CO[C@@H]1COc2cc(C(F)(F)F)ccc2[C@@H]1N)C(=O)S. The van der Waals surface area contributed by atoms with Gasteiger partial charge in [-0.1, -0.05) is 13.0 Å². The molecule has 0 aromatic heterocycles. The van der Waals surface area contributed by atoms with Crippen molar-refractivity contribution >= 4 is 17.7 Å². The Bertz CT molecular complexity index is 565. The highest BCUT2D eigenvalue weighted by atomic mass is 32.1. The summed E-state index contributed by atoms with van der Waals surface area (Å²) in [6.45, 7) is 1.82. The second-order valence-electron chi connectivity index (χ2n) is 5.20. The number of thiol groups is 1. The monoisotopic (exact) mass is 335 g/mol. The molecule has 0 radical (unpaired) electrons. The number of fused-ring (bicyclic) bond motifs is 1. The minimum Gasteiger partial charge on any atom is -0.490 e. The van der Waals surface area contributed by atoms with E-state index in [4.69, 9.17) is 15.2 Å². The van der Waals surface area contributed by atoms with Gasteiger partial charge in [-0.05, 0) is 12.1 Å². The zero-order valence-electron chi connectivity index (χ0n) is 11.8. The molecule has 4 nitrogen and oxygen atoms in total. The van der Waals surface area contributed by atoms with Crippen LogP contribution in [0, 0.1) is 5.92 Å². The molecular weight excluding hydrogens is 319 g/mol. The number of alkyl halides is 3. The number of benzene rings is 1. The van der Waals surface area contributed by atoms with Gasteiger partial charge in [0.05, 0.1) is 18.2 Å². The van der Waals surface area contributed by atoms with E-state index in [0.717, 1.165) is 12.1 Å². The molecule has 1 aliphatic rings. The van der Waals surface area contributed by atoms with E-state index in [1.54, 1.807) is 6.92 Å². The van der Waals surface area contributed by atoms with Crippen molar-refractivity contribution < 1.29 is 27.4 Å². The summed E-state index contributed by atoms with van der Waals surface area (Å²) in [6, 6.07) is 2.58. The van der Waals surface area contributed by atoms with Gasteiger partial charge >= 0.3 is 6.18 Å². The van der Waals surface area contributed by atoms with Crippen molar-refractivity contribution in [1.29, 1.82) is 0 Å². The molecule has 1 aromatic carbocycles. The fourth-order valence-electron chi connectivity index (χ4n) is 2.08. The summed E-state index contributed by atoms with van der Waals surface area (Å²) in [7, 11) is 0. The first kappa shape index (κ1) is 17.1. The highest BCUT2D eigenvalue weighted by Crippen LogP contribution is 2.37. The lowest BCUT2D eigenvalue weighted by Crippen LogP contribution is -2.39. The van der Waals surface area contributed by atoms with Crippen LogP contribution >= 0.6 is 12.6 Å². The van der Waals surface area contributed by atoms with Gasteiger partial charge in [0, 0.05) is 11.5 Å². The minimum absolute atomic E-state index is 0.0307. The Morgan fingerprint density at radius 2 is 2.23 bits per heavy atom. The van der Waals surface area contributed by atoms with Gasteiger partial charge in [-0.2, -0.15) is 13.2 Å². The summed E-state index contributed by atoms with van der Waals surface area (Å²) in [4.78, 5) is 11.0. The zero-order valence-corrected chi connectivity index (χ0v) is 12.7. The quantitative estimate of drug-likeness (QED) is 0.830. The maximum atomic E-state index is 12.7. The fraction of sp³-hybridized carbons (Fsp3) is 0.500. The van der Waals surface area contributed by atoms with Crippen LogP contribution in [0.25, 0.3) is 0 Å². The predicted octanol–water partition coefficient (Wildman–Crippen LogP) is 2.58. The third kappa shape index (κ3) is 3.74. The molecule has 2 N–H and O–H groups in total. The third-order valence-corrected chi connectivity index (χ3v) is 3.93. The van der Waals surface area contributed by atoms with Crippen LogP contribution in [0.2, 0.25) is 0 Å². The van der Waals surface area contributed by atoms with E-state index in [1.165, 1.54) is 6.07 Å². The molecule has 2 rings (SSSR count). The lowest BCUT2D eigenvalue weighted by atomic mass is 9.97. The van der Waals surface area contributed by atoms with Crippen LogP contribution in [0.4, 0.5) is 13.2 Å². The number of ether oxygens (including phenoxy) is 2. The average Bonchev–Trinajstić information content (AvgIpc) is 2.44. The second-order valence-corrected chi connectivity index (χ2v) is 5.64. The molecule has 0 aliphatic carbocycles. The van der Waals surface area contributed by atoms with Crippen LogP contribution in [0.1, 0.15) is 24.1 Å². The maximum Gasteiger partial charge on any atom is 0.416 e. The minimum atomic E-state index is -4.43.